The zero-order chi connectivity index (χ0) is 21.8. The summed E-state index contributed by atoms with van der Waals surface area (Å²) in [5.41, 5.74) is 3.09. The van der Waals surface area contributed by atoms with Crippen LogP contribution >= 0.6 is 0 Å². The number of fused-ring (bicyclic) bond motifs is 2. The van der Waals surface area contributed by atoms with E-state index >= 15 is 0 Å². The van der Waals surface area contributed by atoms with Gasteiger partial charge in [-0.1, -0.05) is 36.4 Å². The Hall–Kier alpha value is -3.12. The first-order valence-electron chi connectivity index (χ1n) is 11.6. The number of piperazine rings is 1. The maximum absolute atomic E-state index is 11.6. The first kappa shape index (κ1) is 20.8. The van der Waals surface area contributed by atoms with E-state index in [0.717, 1.165) is 62.7 Å². The van der Waals surface area contributed by atoms with Gasteiger partial charge in [-0.15, -0.1) is 0 Å². The number of pyridine rings is 1. The van der Waals surface area contributed by atoms with Gasteiger partial charge in [0, 0.05) is 56.2 Å². The van der Waals surface area contributed by atoms with Gasteiger partial charge in [-0.2, -0.15) is 0 Å². The molecule has 0 radical (unpaired) electrons. The van der Waals surface area contributed by atoms with E-state index in [1.807, 2.05) is 6.07 Å². The lowest BCUT2D eigenvalue weighted by atomic mass is 10.1. The van der Waals surface area contributed by atoms with Gasteiger partial charge < -0.3 is 15.0 Å². The number of aryl methyl sites for hydroxylation is 1. The number of rotatable bonds is 7. The summed E-state index contributed by atoms with van der Waals surface area (Å²) in [5.74, 6) is 0.784. The Morgan fingerprint density at radius 2 is 1.81 bits per heavy atom. The van der Waals surface area contributed by atoms with Crippen molar-refractivity contribution < 1.29 is 9.53 Å². The summed E-state index contributed by atoms with van der Waals surface area (Å²) in [4.78, 5) is 21.1. The molecule has 0 atom stereocenters. The predicted molar refractivity (Wildman–Crippen MR) is 129 cm³/mol. The zero-order valence-electron chi connectivity index (χ0n) is 18.4. The lowest BCUT2D eigenvalue weighted by Gasteiger charge is -2.36. The van der Waals surface area contributed by atoms with Crippen molar-refractivity contribution in [3.8, 4) is 5.75 Å². The summed E-state index contributed by atoms with van der Waals surface area (Å²) in [6.45, 7) is 6.10. The van der Waals surface area contributed by atoms with Crippen molar-refractivity contribution in [3.05, 3.63) is 60.4 Å². The molecule has 3 aromatic rings. The van der Waals surface area contributed by atoms with Crippen LogP contribution in [0, 0.1) is 0 Å². The van der Waals surface area contributed by atoms with E-state index in [9.17, 15) is 4.79 Å². The summed E-state index contributed by atoms with van der Waals surface area (Å²) in [7, 11) is 0. The minimum absolute atomic E-state index is 0.0528. The summed E-state index contributed by atoms with van der Waals surface area (Å²) in [5, 5.41) is 5.53. The molecule has 1 amide bonds. The number of aromatic nitrogens is 1. The highest BCUT2D eigenvalue weighted by Gasteiger charge is 2.19. The number of amides is 1. The smallest absolute Gasteiger partial charge is 0.224 e. The molecule has 2 aliphatic rings. The van der Waals surface area contributed by atoms with Gasteiger partial charge in [0.1, 0.15) is 5.75 Å². The Bertz CT molecular complexity index is 1090. The fourth-order valence-corrected chi connectivity index (χ4v) is 4.63. The van der Waals surface area contributed by atoms with Crippen molar-refractivity contribution in [1.82, 2.24) is 9.88 Å². The largest absolute Gasteiger partial charge is 0.492 e. The molecule has 0 bridgehead atoms. The second kappa shape index (κ2) is 9.57. The van der Waals surface area contributed by atoms with Crippen molar-refractivity contribution in [2.24, 2.45) is 0 Å². The lowest BCUT2D eigenvalue weighted by Crippen LogP contribution is -2.46. The van der Waals surface area contributed by atoms with Crippen LogP contribution in [0.25, 0.3) is 10.8 Å². The van der Waals surface area contributed by atoms with E-state index in [-0.39, 0.29) is 5.91 Å². The lowest BCUT2D eigenvalue weighted by molar-refractivity contribution is -0.116. The average Bonchev–Trinajstić information content (AvgIpc) is 2.83. The molecule has 6 nitrogen and oxygen atoms in total. The molecule has 6 heteroatoms. The monoisotopic (exact) mass is 430 g/mol. The Balaban J connectivity index is 1.04. The highest BCUT2D eigenvalue weighted by atomic mass is 16.5. The third-order valence-corrected chi connectivity index (χ3v) is 6.43. The van der Waals surface area contributed by atoms with E-state index in [0.29, 0.717) is 19.4 Å². The maximum atomic E-state index is 11.6. The van der Waals surface area contributed by atoms with Crippen LogP contribution in [0.15, 0.2) is 54.7 Å². The molecule has 0 aliphatic carbocycles. The van der Waals surface area contributed by atoms with E-state index in [1.165, 1.54) is 16.5 Å². The van der Waals surface area contributed by atoms with Crippen molar-refractivity contribution in [2.45, 2.75) is 25.7 Å². The fraction of sp³-hybridized carbons (Fsp3) is 0.385. The number of hydrogen-bond donors (Lipinski definition) is 1. The van der Waals surface area contributed by atoms with E-state index in [4.69, 9.17) is 4.74 Å². The molecule has 1 fully saturated rings. The van der Waals surface area contributed by atoms with Crippen molar-refractivity contribution in [1.29, 1.82) is 0 Å². The average molecular weight is 431 g/mol. The second-order valence-corrected chi connectivity index (χ2v) is 8.60. The molecule has 32 heavy (non-hydrogen) atoms. The van der Waals surface area contributed by atoms with Gasteiger partial charge in [0.25, 0.3) is 0 Å². The molecule has 0 saturated carbocycles. The number of unbranched alkanes of at least 4 members (excludes halogenated alkanes) is 1. The van der Waals surface area contributed by atoms with Crippen LogP contribution in [0.5, 0.6) is 5.75 Å². The molecule has 3 heterocycles. The molecule has 0 spiro atoms. The van der Waals surface area contributed by atoms with Crippen LogP contribution in [-0.4, -0.2) is 55.1 Å². The number of nitrogens with one attached hydrogen (secondary N) is 1. The van der Waals surface area contributed by atoms with Gasteiger partial charge in [0.15, 0.2) is 0 Å². The Morgan fingerprint density at radius 1 is 0.969 bits per heavy atom. The zero-order valence-corrected chi connectivity index (χ0v) is 18.4. The van der Waals surface area contributed by atoms with Gasteiger partial charge in [0.05, 0.1) is 24.2 Å². The van der Waals surface area contributed by atoms with Gasteiger partial charge in [0.2, 0.25) is 5.91 Å². The number of carbonyl (C=O) groups is 1. The standard InChI is InChI=1S/C26H30N4O2/c31-26-11-10-23-24(28-26)18-21(19-27-23)32-17-4-3-12-29-13-15-30(16-14-29)25-9-5-7-20-6-1-2-8-22(20)25/h1-2,5-9,18-19H,3-4,10-17H2,(H,28,31). The third kappa shape index (κ3) is 4.70. The van der Waals surface area contributed by atoms with Crippen molar-refractivity contribution >= 4 is 28.1 Å². The van der Waals surface area contributed by atoms with Crippen LogP contribution in [0.4, 0.5) is 11.4 Å². The van der Waals surface area contributed by atoms with Gasteiger partial charge in [-0.3, -0.25) is 14.7 Å². The number of carbonyl (C=O) groups excluding carboxylic acids is 1. The SMILES string of the molecule is O=C1CCc2ncc(OCCCCN3CCN(c4cccc5ccccc45)CC3)cc2N1. The minimum Gasteiger partial charge on any atom is -0.492 e. The van der Waals surface area contributed by atoms with Crippen LogP contribution < -0.4 is 15.0 Å². The topological polar surface area (TPSA) is 57.7 Å². The second-order valence-electron chi connectivity index (χ2n) is 8.60. The summed E-state index contributed by atoms with van der Waals surface area (Å²) >= 11 is 0. The minimum atomic E-state index is 0.0528. The van der Waals surface area contributed by atoms with Crippen LogP contribution in [0.1, 0.15) is 25.0 Å². The number of anilines is 2. The molecule has 0 unspecified atom stereocenters. The Kier molecular flexibility index (Phi) is 6.21. The Morgan fingerprint density at radius 3 is 2.72 bits per heavy atom. The highest BCUT2D eigenvalue weighted by Crippen LogP contribution is 2.28. The molecular weight excluding hydrogens is 400 g/mol. The molecule has 5 rings (SSSR count). The third-order valence-electron chi connectivity index (χ3n) is 6.43. The van der Waals surface area contributed by atoms with E-state index < -0.39 is 0 Å². The highest BCUT2D eigenvalue weighted by molar-refractivity contribution is 5.94. The Labute approximate surface area is 189 Å². The molecule has 1 saturated heterocycles. The summed E-state index contributed by atoms with van der Waals surface area (Å²) in [6, 6.07) is 17.1. The molecule has 1 N–H and O–H groups in total. The number of hydrogen-bond acceptors (Lipinski definition) is 5. The molecule has 1 aromatic heterocycles. The van der Waals surface area contributed by atoms with Crippen molar-refractivity contribution in [3.63, 3.8) is 0 Å². The van der Waals surface area contributed by atoms with Gasteiger partial charge in [-0.25, -0.2) is 0 Å². The molecular formula is C26H30N4O2. The molecule has 2 aliphatic heterocycles. The summed E-state index contributed by atoms with van der Waals surface area (Å²) < 4.78 is 5.87. The predicted octanol–water partition coefficient (Wildman–Crippen LogP) is 4.10. The molecule has 166 valence electrons. The first-order chi connectivity index (χ1) is 15.8. The molecule has 2 aromatic carbocycles. The quantitative estimate of drug-likeness (QED) is 0.572. The normalized spacial score (nSPS) is 16.6. The maximum Gasteiger partial charge on any atom is 0.224 e. The van der Waals surface area contributed by atoms with Crippen LogP contribution in [-0.2, 0) is 11.2 Å². The number of nitrogens with zero attached hydrogens (tertiary/aromatic N) is 3. The number of ether oxygens (including phenoxy) is 1. The van der Waals surface area contributed by atoms with E-state index in [1.54, 1.807) is 6.20 Å². The van der Waals surface area contributed by atoms with Gasteiger partial charge in [-0.05, 0) is 30.8 Å². The first-order valence-corrected chi connectivity index (χ1v) is 11.6. The van der Waals surface area contributed by atoms with Crippen molar-refractivity contribution in [2.75, 3.05) is 49.5 Å². The van der Waals surface area contributed by atoms with Crippen LogP contribution in [0.2, 0.25) is 0 Å². The van der Waals surface area contributed by atoms with Gasteiger partial charge >= 0.3 is 0 Å². The van der Waals surface area contributed by atoms with E-state index in [2.05, 4.69) is 62.6 Å². The summed E-state index contributed by atoms with van der Waals surface area (Å²) in [6.07, 6.45) is 5.10. The number of benzene rings is 2. The van der Waals surface area contributed by atoms with Crippen LogP contribution in [0.3, 0.4) is 0 Å². The fourth-order valence-electron chi connectivity index (χ4n) is 4.63.